The van der Waals surface area contributed by atoms with Gasteiger partial charge in [0.25, 0.3) is 0 Å². The van der Waals surface area contributed by atoms with Gasteiger partial charge in [-0.15, -0.1) is 0 Å². The van der Waals surface area contributed by atoms with Crippen molar-refractivity contribution in [2.75, 3.05) is 21.3 Å². The van der Waals surface area contributed by atoms with E-state index >= 15 is 0 Å². The van der Waals surface area contributed by atoms with Gasteiger partial charge in [-0.05, 0) is 6.92 Å². The molecule has 1 rings (SSSR count). The van der Waals surface area contributed by atoms with Crippen LogP contribution in [0.2, 0.25) is 0 Å². The molecule has 0 aromatic rings. The average molecular weight is 471 g/mol. The van der Waals surface area contributed by atoms with Crippen LogP contribution in [0.5, 0.6) is 0 Å². The van der Waals surface area contributed by atoms with Gasteiger partial charge in [0.05, 0.1) is 25.4 Å². The minimum absolute atomic E-state index is 0.0685. The highest BCUT2D eigenvalue weighted by atomic mass is 16.7. The van der Waals surface area contributed by atoms with Gasteiger partial charge < -0.3 is 28.8 Å². The molecule has 0 aromatic carbocycles. The van der Waals surface area contributed by atoms with Gasteiger partial charge in [0.2, 0.25) is 0 Å². The Morgan fingerprint density at radius 3 is 2.18 bits per heavy atom. The summed E-state index contributed by atoms with van der Waals surface area (Å²) in [5.41, 5.74) is 0.472. The maximum Gasteiger partial charge on any atom is 0.333 e. The van der Waals surface area contributed by atoms with Crippen LogP contribution in [0.25, 0.3) is 0 Å². The summed E-state index contributed by atoms with van der Waals surface area (Å²) in [5, 5.41) is 11.1. The van der Waals surface area contributed by atoms with Crippen molar-refractivity contribution in [2.24, 2.45) is 23.7 Å². The summed E-state index contributed by atoms with van der Waals surface area (Å²) in [6.45, 7) is 10.9. The molecule has 0 aromatic heterocycles. The molecular weight excluding hydrogens is 428 g/mol. The van der Waals surface area contributed by atoms with Crippen LogP contribution in [-0.2, 0) is 33.3 Å². The number of rotatable bonds is 11. The van der Waals surface area contributed by atoms with E-state index < -0.39 is 18.4 Å². The van der Waals surface area contributed by atoms with Crippen molar-refractivity contribution in [2.45, 2.75) is 78.7 Å². The van der Waals surface area contributed by atoms with E-state index in [2.05, 4.69) is 4.74 Å². The lowest BCUT2D eigenvalue weighted by atomic mass is 9.75. The molecule has 8 atom stereocenters. The van der Waals surface area contributed by atoms with E-state index in [-0.39, 0.29) is 48.0 Å². The number of carbonyl (C=O) groups excluding carboxylic acids is 2. The van der Waals surface area contributed by atoms with Gasteiger partial charge in [0.15, 0.2) is 6.29 Å². The van der Waals surface area contributed by atoms with Crippen molar-refractivity contribution in [3.8, 4) is 0 Å². The minimum Gasteiger partial charge on any atom is -0.466 e. The summed E-state index contributed by atoms with van der Waals surface area (Å²) in [6, 6.07) is 0. The standard InChI is InChI=1S/C25H42O8/c1-14(11-10-12-15(2)25(28)31-9)22(27)17(4)24-18(5)23(32-19(6)26)16(3)20(33-24)13-21(29-7)30-8/h10-12,14,16-18,20-24,27H,13H2,1-9H3/b11-10+,15-12-. The lowest BCUT2D eigenvalue weighted by Crippen LogP contribution is -2.55. The van der Waals surface area contributed by atoms with E-state index in [1.54, 1.807) is 33.3 Å². The quantitative estimate of drug-likeness (QED) is 0.213. The number of aliphatic hydroxyl groups is 1. The molecule has 0 aliphatic carbocycles. The average Bonchev–Trinajstić information content (AvgIpc) is 2.79. The van der Waals surface area contributed by atoms with Gasteiger partial charge in [-0.2, -0.15) is 0 Å². The SMILES string of the molecule is COC(=O)/C(C)=C\C=C\C(C)C(O)C(C)C1OC(CC(OC)OC)C(C)C(OC(C)=O)C1C. The molecule has 8 nitrogen and oxygen atoms in total. The Kier molecular flexibility index (Phi) is 12.3. The summed E-state index contributed by atoms with van der Waals surface area (Å²) in [4.78, 5) is 23.3. The topological polar surface area (TPSA) is 101 Å². The maximum atomic E-state index is 11.8. The first-order chi connectivity index (χ1) is 15.5. The van der Waals surface area contributed by atoms with Crippen LogP contribution < -0.4 is 0 Å². The predicted octanol–water partition coefficient (Wildman–Crippen LogP) is 3.28. The van der Waals surface area contributed by atoms with Crippen LogP contribution in [0.4, 0.5) is 0 Å². The van der Waals surface area contributed by atoms with Crippen molar-refractivity contribution in [3.05, 3.63) is 23.8 Å². The second-order valence-corrected chi connectivity index (χ2v) is 9.00. The highest BCUT2D eigenvalue weighted by Crippen LogP contribution is 2.39. The molecule has 33 heavy (non-hydrogen) atoms. The van der Waals surface area contributed by atoms with E-state index in [0.717, 1.165) is 0 Å². The predicted molar refractivity (Wildman–Crippen MR) is 124 cm³/mol. The first-order valence-corrected chi connectivity index (χ1v) is 11.5. The number of carbonyl (C=O) groups is 2. The van der Waals surface area contributed by atoms with Gasteiger partial charge in [-0.3, -0.25) is 4.79 Å². The summed E-state index contributed by atoms with van der Waals surface area (Å²) in [7, 11) is 4.48. The Morgan fingerprint density at radius 2 is 1.67 bits per heavy atom. The molecule has 1 aliphatic heterocycles. The Bertz CT molecular complexity index is 684. The van der Waals surface area contributed by atoms with Crippen LogP contribution in [-0.4, -0.2) is 69.1 Å². The molecule has 8 unspecified atom stereocenters. The number of hydrogen-bond donors (Lipinski definition) is 1. The van der Waals surface area contributed by atoms with Crippen LogP contribution in [0.3, 0.4) is 0 Å². The van der Waals surface area contributed by atoms with E-state index in [0.29, 0.717) is 12.0 Å². The second-order valence-electron chi connectivity index (χ2n) is 9.00. The molecule has 1 heterocycles. The van der Waals surface area contributed by atoms with E-state index in [1.807, 2.05) is 33.8 Å². The summed E-state index contributed by atoms with van der Waals surface area (Å²) in [6.07, 6.45) is 3.59. The smallest absolute Gasteiger partial charge is 0.333 e. The van der Waals surface area contributed by atoms with Crippen molar-refractivity contribution in [1.82, 2.24) is 0 Å². The molecule has 190 valence electrons. The number of aliphatic hydroxyl groups excluding tert-OH is 1. The van der Waals surface area contributed by atoms with Crippen molar-refractivity contribution < 1.29 is 38.4 Å². The third-order valence-electron chi connectivity index (χ3n) is 6.59. The molecule has 0 bridgehead atoms. The van der Waals surface area contributed by atoms with Gasteiger partial charge in [0, 0.05) is 56.8 Å². The monoisotopic (exact) mass is 470 g/mol. The molecule has 8 heteroatoms. The molecule has 1 saturated heterocycles. The minimum atomic E-state index is -0.715. The Labute approximate surface area is 198 Å². The molecule has 1 fully saturated rings. The first kappa shape index (κ1) is 29.3. The highest BCUT2D eigenvalue weighted by molar-refractivity contribution is 5.87. The van der Waals surface area contributed by atoms with E-state index in [4.69, 9.17) is 18.9 Å². The van der Waals surface area contributed by atoms with Gasteiger partial charge in [-0.25, -0.2) is 4.79 Å². The molecule has 0 saturated carbocycles. The van der Waals surface area contributed by atoms with Crippen molar-refractivity contribution >= 4 is 11.9 Å². The first-order valence-electron chi connectivity index (χ1n) is 11.5. The maximum absolute atomic E-state index is 11.8. The van der Waals surface area contributed by atoms with Crippen LogP contribution in [0.1, 0.15) is 48.0 Å². The zero-order chi connectivity index (χ0) is 25.3. The largest absolute Gasteiger partial charge is 0.466 e. The fourth-order valence-corrected chi connectivity index (χ4v) is 4.48. The zero-order valence-electron chi connectivity index (χ0n) is 21.4. The summed E-state index contributed by atoms with van der Waals surface area (Å²) >= 11 is 0. The zero-order valence-corrected chi connectivity index (χ0v) is 21.4. The van der Waals surface area contributed by atoms with E-state index in [1.165, 1.54) is 14.0 Å². The Morgan fingerprint density at radius 1 is 1.06 bits per heavy atom. The molecular formula is C25H42O8. The van der Waals surface area contributed by atoms with Gasteiger partial charge in [-0.1, -0.05) is 45.9 Å². The second kappa shape index (κ2) is 13.8. The normalized spacial score (nSPS) is 29.1. The molecule has 0 amide bonds. The van der Waals surface area contributed by atoms with Crippen molar-refractivity contribution in [1.29, 1.82) is 0 Å². The Hall–Kier alpha value is -1.74. The summed E-state index contributed by atoms with van der Waals surface area (Å²) in [5.74, 6) is -1.37. The molecule has 0 radical (unpaired) electrons. The van der Waals surface area contributed by atoms with Crippen LogP contribution in [0.15, 0.2) is 23.8 Å². The number of allylic oxidation sites excluding steroid dienone is 2. The van der Waals surface area contributed by atoms with Gasteiger partial charge >= 0.3 is 11.9 Å². The van der Waals surface area contributed by atoms with Crippen molar-refractivity contribution in [3.63, 3.8) is 0 Å². The lowest BCUT2D eigenvalue weighted by Gasteiger charge is -2.47. The molecule has 0 spiro atoms. The Balaban J connectivity index is 3.04. The lowest BCUT2D eigenvalue weighted by molar-refractivity contribution is -0.223. The van der Waals surface area contributed by atoms with E-state index in [9.17, 15) is 14.7 Å². The van der Waals surface area contributed by atoms with Crippen LogP contribution in [0, 0.1) is 23.7 Å². The van der Waals surface area contributed by atoms with Crippen LogP contribution >= 0.6 is 0 Å². The number of ether oxygens (including phenoxy) is 5. The number of hydrogen-bond acceptors (Lipinski definition) is 8. The highest BCUT2D eigenvalue weighted by Gasteiger charge is 2.47. The molecule has 1 aliphatic rings. The fraction of sp³-hybridized carbons (Fsp3) is 0.760. The van der Waals surface area contributed by atoms with Gasteiger partial charge in [0.1, 0.15) is 6.10 Å². The summed E-state index contributed by atoms with van der Waals surface area (Å²) < 4.78 is 27.6. The number of esters is 2. The number of methoxy groups -OCH3 is 3. The fourth-order valence-electron chi connectivity index (χ4n) is 4.48. The molecule has 1 N–H and O–H groups in total. The third kappa shape index (κ3) is 8.21. The third-order valence-corrected chi connectivity index (χ3v) is 6.59.